The van der Waals surface area contributed by atoms with Crippen molar-refractivity contribution in [1.29, 1.82) is 0 Å². The van der Waals surface area contributed by atoms with E-state index in [0.717, 1.165) is 5.69 Å². The number of nitrogens with one attached hydrogen (secondary N) is 1. The molecule has 0 unspecified atom stereocenters. The Morgan fingerprint density at radius 3 is 3.05 bits per heavy atom. The first-order valence-corrected chi connectivity index (χ1v) is 6.37. The molecule has 0 saturated heterocycles. The van der Waals surface area contributed by atoms with Crippen molar-refractivity contribution in [3.63, 3.8) is 0 Å². The van der Waals surface area contributed by atoms with Gasteiger partial charge in [-0.2, -0.15) is 5.10 Å². The van der Waals surface area contributed by atoms with Gasteiger partial charge in [0.05, 0.1) is 30.7 Å². The quantitative estimate of drug-likeness (QED) is 0.847. The van der Waals surface area contributed by atoms with Gasteiger partial charge in [-0.1, -0.05) is 6.08 Å². The summed E-state index contributed by atoms with van der Waals surface area (Å²) < 4.78 is 1.77. The Labute approximate surface area is 118 Å². The SMILES string of the molecule is C=CCn1ncc(NCc2ccncn2)c(Br)c1=O. The number of hydrogen-bond acceptors (Lipinski definition) is 5. The molecule has 2 rings (SSSR count). The van der Waals surface area contributed by atoms with Gasteiger partial charge in [-0.15, -0.1) is 6.58 Å². The van der Waals surface area contributed by atoms with Crippen molar-refractivity contribution >= 4 is 21.6 Å². The highest BCUT2D eigenvalue weighted by atomic mass is 79.9. The zero-order valence-electron chi connectivity index (χ0n) is 10.1. The number of hydrogen-bond donors (Lipinski definition) is 1. The summed E-state index contributed by atoms with van der Waals surface area (Å²) in [6.45, 7) is 4.45. The number of rotatable bonds is 5. The lowest BCUT2D eigenvalue weighted by atomic mass is 10.4. The number of aromatic nitrogens is 4. The highest BCUT2D eigenvalue weighted by molar-refractivity contribution is 9.10. The molecule has 6 nitrogen and oxygen atoms in total. The van der Waals surface area contributed by atoms with Crippen molar-refractivity contribution in [3.8, 4) is 0 Å². The Morgan fingerprint density at radius 1 is 1.53 bits per heavy atom. The summed E-state index contributed by atoms with van der Waals surface area (Å²) in [6, 6.07) is 1.80. The van der Waals surface area contributed by atoms with Crippen LogP contribution < -0.4 is 10.9 Å². The summed E-state index contributed by atoms with van der Waals surface area (Å²) in [6.07, 6.45) is 6.36. The maximum absolute atomic E-state index is 11.9. The van der Waals surface area contributed by atoms with Crippen LogP contribution in [0.1, 0.15) is 5.69 Å². The number of nitrogens with zero attached hydrogens (tertiary/aromatic N) is 4. The molecule has 0 aliphatic heterocycles. The van der Waals surface area contributed by atoms with Crippen LogP contribution in [0.3, 0.4) is 0 Å². The van der Waals surface area contributed by atoms with E-state index in [2.05, 4.69) is 42.9 Å². The molecule has 0 atom stereocenters. The van der Waals surface area contributed by atoms with E-state index in [1.165, 1.54) is 11.0 Å². The molecular formula is C12H12BrN5O. The van der Waals surface area contributed by atoms with Crippen molar-refractivity contribution < 1.29 is 0 Å². The molecule has 2 aromatic heterocycles. The average Bonchev–Trinajstić information content (AvgIpc) is 2.44. The molecule has 0 amide bonds. The van der Waals surface area contributed by atoms with Crippen LogP contribution in [0, 0.1) is 0 Å². The van der Waals surface area contributed by atoms with E-state index in [1.54, 1.807) is 24.5 Å². The zero-order chi connectivity index (χ0) is 13.7. The van der Waals surface area contributed by atoms with Crippen LogP contribution in [0.4, 0.5) is 5.69 Å². The molecule has 0 aliphatic rings. The normalized spacial score (nSPS) is 10.2. The Hall–Kier alpha value is -2.02. The van der Waals surface area contributed by atoms with Crippen LogP contribution in [0.25, 0.3) is 0 Å². The van der Waals surface area contributed by atoms with Crippen LogP contribution in [-0.4, -0.2) is 19.7 Å². The third-order valence-corrected chi connectivity index (χ3v) is 3.16. The number of halogens is 1. The van der Waals surface area contributed by atoms with Gasteiger partial charge in [0, 0.05) is 6.20 Å². The van der Waals surface area contributed by atoms with E-state index in [0.29, 0.717) is 23.2 Å². The first-order chi connectivity index (χ1) is 9.22. The minimum Gasteiger partial charge on any atom is -0.377 e. The van der Waals surface area contributed by atoms with E-state index < -0.39 is 0 Å². The predicted octanol–water partition coefficient (Wildman–Crippen LogP) is 1.59. The highest BCUT2D eigenvalue weighted by Crippen LogP contribution is 2.16. The van der Waals surface area contributed by atoms with Crippen molar-refractivity contribution in [1.82, 2.24) is 19.7 Å². The minimum atomic E-state index is -0.201. The molecule has 19 heavy (non-hydrogen) atoms. The van der Waals surface area contributed by atoms with Crippen LogP contribution in [0.5, 0.6) is 0 Å². The van der Waals surface area contributed by atoms with E-state index >= 15 is 0 Å². The second kappa shape index (κ2) is 6.24. The van der Waals surface area contributed by atoms with Gasteiger partial charge in [0.1, 0.15) is 10.8 Å². The summed E-state index contributed by atoms with van der Waals surface area (Å²) >= 11 is 3.27. The fraction of sp³-hybridized carbons (Fsp3) is 0.167. The fourth-order valence-electron chi connectivity index (χ4n) is 1.45. The second-order valence-corrected chi connectivity index (χ2v) is 4.50. The average molecular weight is 322 g/mol. The van der Waals surface area contributed by atoms with E-state index in [-0.39, 0.29) is 5.56 Å². The van der Waals surface area contributed by atoms with Crippen LogP contribution >= 0.6 is 15.9 Å². The van der Waals surface area contributed by atoms with Crippen molar-refractivity contribution in [2.45, 2.75) is 13.1 Å². The largest absolute Gasteiger partial charge is 0.377 e. The third kappa shape index (κ3) is 3.25. The molecule has 0 radical (unpaired) electrons. The first kappa shape index (κ1) is 13.4. The summed E-state index contributed by atoms with van der Waals surface area (Å²) in [5.41, 5.74) is 1.26. The predicted molar refractivity (Wildman–Crippen MR) is 75.8 cm³/mol. The first-order valence-electron chi connectivity index (χ1n) is 5.57. The summed E-state index contributed by atoms with van der Waals surface area (Å²) in [5, 5.41) is 7.15. The lowest BCUT2D eigenvalue weighted by Gasteiger charge is -2.09. The standard InChI is InChI=1S/C12H12BrN5O/c1-2-5-18-12(19)11(13)10(7-17-18)15-6-9-3-4-14-8-16-9/h2-4,7-8,15H,1,5-6H2. The molecule has 0 saturated carbocycles. The summed E-state index contributed by atoms with van der Waals surface area (Å²) in [7, 11) is 0. The summed E-state index contributed by atoms with van der Waals surface area (Å²) in [4.78, 5) is 19.9. The Balaban J connectivity index is 2.16. The molecule has 0 bridgehead atoms. The molecule has 0 fully saturated rings. The van der Waals surface area contributed by atoms with Gasteiger partial charge in [-0.3, -0.25) is 4.79 Å². The van der Waals surface area contributed by atoms with Crippen LogP contribution in [0.15, 0.2) is 46.7 Å². The Morgan fingerprint density at radius 2 is 2.37 bits per heavy atom. The molecule has 2 heterocycles. The maximum Gasteiger partial charge on any atom is 0.283 e. The summed E-state index contributed by atoms with van der Waals surface area (Å²) in [5.74, 6) is 0. The lowest BCUT2D eigenvalue weighted by molar-refractivity contribution is 0.649. The van der Waals surface area contributed by atoms with Gasteiger partial charge in [-0.05, 0) is 22.0 Å². The molecule has 0 aromatic carbocycles. The topological polar surface area (TPSA) is 72.7 Å². The highest BCUT2D eigenvalue weighted by Gasteiger charge is 2.07. The third-order valence-electron chi connectivity index (χ3n) is 2.39. The van der Waals surface area contributed by atoms with E-state index in [4.69, 9.17) is 0 Å². The van der Waals surface area contributed by atoms with Gasteiger partial charge < -0.3 is 5.32 Å². The number of allylic oxidation sites excluding steroid dienone is 1. The maximum atomic E-state index is 11.9. The number of anilines is 1. The molecular weight excluding hydrogens is 310 g/mol. The van der Waals surface area contributed by atoms with Gasteiger partial charge in [0.25, 0.3) is 5.56 Å². The Bertz CT molecular complexity index is 626. The van der Waals surface area contributed by atoms with Crippen LogP contribution in [0.2, 0.25) is 0 Å². The molecule has 2 aromatic rings. The van der Waals surface area contributed by atoms with Crippen LogP contribution in [-0.2, 0) is 13.1 Å². The monoisotopic (exact) mass is 321 g/mol. The minimum absolute atomic E-state index is 0.201. The Kier molecular flexibility index (Phi) is 4.40. The molecule has 0 spiro atoms. The van der Waals surface area contributed by atoms with Crippen molar-refractivity contribution in [3.05, 3.63) is 58.0 Å². The van der Waals surface area contributed by atoms with Crippen molar-refractivity contribution in [2.24, 2.45) is 0 Å². The fourth-order valence-corrected chi connectivity index (χ4v) is 1.90. The lowest BCUT2D eigenvalue weighted by Crippen LogP contribution is -2.24. The molecule has 7 heteroatoms. The van der Waals surface area contributed by atoms with E-state index in [9.17, 15) is 4.79 Å². The molecule has 1 N–H and O–H groups in total. The zero-order valence-corrected chi connectivity index (χ0v) is 11.7. The smallest absolute Gasteiger partial charge is 0.283 e. The van der Waals surface area contributed by atoms with Crippen molar-refractivity contribution in [2.75, 3.05) is 5.32 Å². The molecule has 0 aliphatic carbocycles. The second-order valence-electron chi connectivity index (χ2n) is 3.70. The molecule has 98 valence electrons. The van der Waals surface area contributed by atoms with E-state index in [1.807, 2.05) is 0 Å². The van der Waals surface area contributed by atoms with Gasteiger partial charge >= 0.3 is 0 Å². The van der Waals surface area contributed by atoms with Gasteiger partial charge in [0.15, 0.2) is 0 Å². The van der Waals surface area contributed by atoms with Gasteiger partial charge in [-0.25, -0.2) is 14.6 Å². The van der Waals surface area contributed by atoms with Gasteiger partial charge in [0.2, 0.25) is 0 Å².